The predicted molar refractivity (Wildman–Crippen MR) is 91.6 cm³/mol. The molecule has 0 spiro atoms. The van der Waals surface area contributed by atoms with Gasteiger partial charge in [0.2, 0.25) is 0 Å². The molecule has 1 aromatic carbocycles. The third kappa shape index (κ3) is 3.30. The number of amides is 1. The van der Waals surface area contributed by atoms with Crippen LogP contribution in [0.4, 0.5) is 0 Å². The number of carbonyl (C=O) groups is 1. The number of nitrogens with zero attached hydrogens (tertiary/aromatic N) is 4. The molecule has 24 heavy (non-hydrogen) atoms. The third-order valence-electron chi connectivity index (χ3n) is 4.35. The van der Waals surface area contributed by atoms with Crippen LogP contribution in [0.25, 0.3) is 5.69 Å². The number of halogens is 1. The Balaban J connectivity index is 1.84. The highest BCUT2D eigenvalue weighted by atomic mass is 35.5. The van der Waals surface area contributed by atoms with E-state index in [1.807, 2.05) is 36.9 Å². The average Bonchev–Trinajstić information content (AvgIpc) is 3.22. The van der Waals surface area contributed by atoms with Crippen molar-refractivity contribution in [3.63, 3.8) is 0 Å². The number of benzene rings is 1. The molecular formula is C17H21ClN4O2. The number of ether oxygens (including phenoxy) is 1. The van der Waals surface area contributed by atoms with Gasteiger partial charge in [-0.05, 0) is 32.4 Å². The lowest BCUT2D eigenvalue weighted by molar-refractivity contribution is 0.0724. The van der Waals surface area contributed by atoms with E-state index in [0.29, 0.717) is 35.4 Å². The van der Waals surface area contributed by atoms with Crippen LogP contribution in [-0.2, 0) is 4.74 Å². The van der Waals surface area contributed by atoms with Crippen LogP contribution in [0.3, 0.4) is 0 Å². The van der Waals surface area contributed by atoms with Crippen LogP contribution in [0.1, 0.15) is 29.5 Å². The van der Waals surface area contributed by atoms with Crippen LogP contribution in [0.15, 0.2) is 24.3 Å². The zero-order chi connectivity index (χ0) is 17.1. The maximum Gasteiger partial charge on any atom is 0.276 e. The van der Waals surface area contributed by atoms with Gasteiger partial charge >= 0.3 is 0 Å². The smallest absolute Gasteiger partial charge is 0.276 e. The predicted octanol–water partition coefficient (Wildman–Crippen LogP) is 2.73. The zero-order valence-corrected chi connectivity index (χ0v) is 14.7. The maximum atomic E-state index is 12.9. The fourth-order valence-corrected chi connectivity index (χ4v) is 3.14. The largest absolute Gasteiger partial charge is 0.381 e. The molecule has 7 heteroatoms. The fraction of sp³-hybridized carbons (Fsp3) is 0.471. The summed E-state index contributed by atoms with van der Waals surface area (Å²) >= 11 is 6.22. The molecule has 0 N–H and O–H groups in total. The highest BCUT2D eigenvalue weighted by molar-refractivity contribution is 6.32. The zero-order valence-electron chi connectivity index (χ0n) is 13.9. The molecule has 6 nitrogen and oxygen atoms in total. The molecule has 1 fully saturated rings. The number of aromatic nitrogens is 3. The van der Waals surface area contributed by atoms with Gasteiger partial charge in [-0.3, -0.25) is 4.79 Å². The van der Waals surface area contributed by atoms with Crippen molar-refractivity contribution >= 4 is 17.5 Å². The summed E-state index contributed by atoms with van der Waals surface area (Å²) in [4.78, 5) is 14.7. The summed E-state index contributed by atoms with van der Waals surface area (Å²) in [7, 11) is 0. The van der Waals surface area contributed by atoms with Gasteiger partial charge in [0, 0.05) is 25.6 Å². The first-order chi connectivity index (χ1) is 11.6. The molecule has 1 amide bonds. The molecule has 0 saturated carbocycles. The van der Waals surface area contributed by atoms with E-state index >= 15 is 0 Å². The standard InChI is InChI=1S/C17H21ClN4O2/c1-3-21(10-13-8-9-24-11-13)17(23)16-12(2)22(20-19-16)15-7-5-4-6-14(15)18/h4-7,13H,3,8-11H2,1-2H3/t13-/m0/s1. The molecule has 1 aliphatic rings. The summed E-state index contributed by atoms with van der Waals surface area (Å²) in [5.41, 5.74) is 1.78. The number of rotatable bonds is 5. The van der Waals surface area contributed by atoms with Crippen molar-refractivity contribution in [3.8, 4) is 5.69 Å². The molecule has 2 heterocycles. The van der Waals surface area contributed by atoms with E-state index in [2.05, 4.69) is 10.3 Å². The van der Waals surface area contributed by atoms with Crippen LogP contribution in [0, 0.1) is 12.8 Å². The Kier molecular flexibility index (Phi) is 5.16. The van der Waals surface area contributed by atoms with E-state index in [1.54, 1.807) is 10.7 Å². The van der Waals surface area contributed by atoms with E-state index in [1.165, 1.54) is 0 Å². The van der Waals surface area contributed by atoms with E-state index in [-0.39, 0.29) is 5.91 Å². The minimum atomic E-state index is -0.0970. The van der Waals surface area contributed by atoms with Gasteiger partial charge < -0.3 is 9.64 Å². The molecule has 1 atom stereocenters. The molecule has 0 aliphatic carbocycles. The van der Waals surface area contributed by atoms with Crippen molar-refractivity contribution in [2.24, 2.45) is 5.92 Å². The second kappa shape index (κ2) is 7.32. The third-order valence-corrected chi connectivity index (χ3v) is 4.67. The van der Waals surface area contributed by atoms with Crippen LogP contribution in [0.5, 0.6) is 0 Å². The van der Waals surface area contributed by atoms with Crippen LogP contribution in [0.2, 0.25) is 5.02 Å². The Morgan fingerprint density at radius 1 is 1.46 bits per heavy atom. The molecule has 1 aliphatic heterocycles. The molecule has 3 rings (SSSR count). The van der Waals surface area contributed by atoms with Gasteiger partial charge in [0.1, 0.15) is 0 Å². The lowest BCUT2D eigenvalue weighted by atomic mass is 10.1. The molecule has 1 aromatic heterocycles. The quantitative estimate of drug-likeness (QED) is 0.833. The van der Waals surface area contributed by atoms with E-state index in [4.69, 9.17) is 16.3 Å². The van der Waals surface area contributed by atoms with Gasteiger partial charge in [0.15, 0.2) is 5.69 Å². The molecule has 0 unspecified atom stereocenters. The number of para-hydroxylation sites is 1. The summed E-state index contributed by atoms with van der Waals surface area (Å²) in [6, 6.07) is 7.37. The summed E-state index contributed by atoms with van der Waals surface area (Å²) in [6.45, 7) is 6.62. The first-order valence-electron chi connectivity index (χ1n) is 8.16. The van der Waals surface area contributed by atoms with E-state index < -0.39 is 0 Å². The number of carbonyl (C=O) groups excluding carboxylic acids is 1. The Bertz CT molecular complexity index is 725. The summed E-state index contributed by atoms with van der Waals surface area (Å²) in [6.07, 6.45) is 0.995. The van der Waals surface area contributed by atoms with Gasteiger partial charge in [-0.25, -0.2) is 4.68 Å². The first kappa shape index (κ1) is 16.9. The van der Waals surface area contributed by atoms with Gasteiger partial charge in [-0.1, -0.05) is 28.9 Å². The van der Waals surface area contributed by atoms with Crippen LogP contribution < -0.4 is 0 Å². The van der Waals surface area contributed by atoms with Crippen LogP contribution >= 0.6 is 11.6 Å². The minimum absolute atomic E-state index is 0.0970. The SMILES string of the molecule is CCN(C[C@@H]1CCOC1)C(=O)c1nnn(-c2ccccc2Cl)c1C. The van der Waals surface area contributed by atoms with Crippen molar-refractivity contribution in [1.82, 2.24) is 19.9 Å². The fourth-order valence-electron chi connectivity index (χ4n) is 2.92. The van der Waals surface area contributed by atoms with Crippen molar-refractivity contribution in [2.45, 2.75) is 20.3 Å². The number of hydrogen-bond donors (Lipinski definition) is 0. The topological polar surface area (TPSA) is 60.2 Å². The Labute approximate surface area is 146 Å². The van der Waals surface area contributed by atoms with Crippen molar-refractivity contribution in [1.29, 1.82) is 0 Å². The van der Waals surface area contributed by atoms with Crippen LogP contribution in [-0.4, -0.2) is 52.1 Å². The lowest BCUT2D eigenvalue weighted by Crippen LogP contribution is -2.36. The first-order valence-corrected chi connectivity index (χ1v) is 8.53. The Morgan fingerprint density at radius 2 is 2.25 bits per heavy atom. The molecule has 128 valence electrons. The second-order valence-electron chi connectivity index (χ2n) is 5.96. The number of hydrogen-bond acceptors (Lipinski definition) is 4. The monoisotopic (exact) mass is 348 g/mol. The normalized spacial score (nSPS) is 17.2. The van der Waals surface area contributed by atoms with Gasteiger partial charge in [0.05, 0.1) is 23.0 Å². The molecule has 0 bridgehead atoms. The van der Waals surface area contributed by atoms with E-state index in [9.17, 15) is 4.79 Å². The highest BCUT2D eigenvalue weighted by Gasteiger charge is 2.26. The Hall–Kier alpha value is -1.92. The second-order valence-corrected chi connectivity index (χ2v) is 6.37. The molecule has 1 saturated heterocycles. The van der Waals surface area contributed by atoms with E-state index in [0.717, 1.165) is 25.3 Å². The summed E-state index contributed by atoms with van der Waals surface area (Å²) in [5, 5.41) is 8.80. The van der Waals surface area contributed by atoms with Crippen molar-refractivity contribution < 1.29 is 9.53 Å². The van der Waals surface area contributed by atoms with Gasteiger partial charge in [-0.2, -0.15) is 0 Å². The average molecular weight is 349 g/mol. The van der Waals surface area contributed by atoms with Crippen molar-refractivity contribution in [2.75, 3.05) is 26.3 Å². The van der Waals surface area contributed by atoms with Crippen molar-refractivity contribution in [3.05, 3.63) is 40.7 Å². The Morgan fingerprint density at radius 3 is 2.92 bits per heavy atom. The minimum Gasteiger partial charge on any atom is -0.381 e. The molecule has 2 aromatic rings. The molecular weight excluding hydrogens is 328 g/mol. The van der Waals surface area contributed by atoms with Gasteiger partial charge in [-0.15, -0.1) is 5.10 Å². The lowest BCUT2D eigenvalue weighted by Gasteiger charge is -2.23. The van der Waals surface area contributed by atoms with Gasteiger partial charge in [0.25, 0.3) is 5.91 Å². The highest BCUT2D eigenvalue weighted by Crippen LogP contribution is 2.22. The summed E-state index contributed by atoms with van der Waals surface area (Å²) in [5.74, 6) is 0.299. The maximum absolute atomic E-state index is 12.9. The summed E-state index contributed by atoms with van der Waals surface area (Å²) < 4.78 is 7.02. The molecule has 0 radical (unpaired) electrons.